The van der Waals surface area contributed by atoms with Crippen molar-refractivity contribution in [2.75, 3.05) is 0 Å². The molecule has 0 bridgehead atoms. The van der Waals surface area contributed by atoms with Crippen molar-refractivity contribution < 1.29 is 9.50 Å². The summed E-state index contributed by atoms with van der Waals surface area (Å²) in [5, 5.41) is 11.1. The minimum Gasteiger partial charge on any atom is -0.508 e. The fourth-order valence-electron chi connectivity index (χ4n) is 1.20. The predicted octanol–water partition coefficient (Wildman–Crippen LogP) is 4.02. The third-order valence-electron chi connectivity index (χ3n) is 1.76. The SMILES string of the molecule is Oc1cc(F)cc(-c2sccc2Br)c1. The molecule has 1 aromatic heterocycles. The van der Waals surface area contributed by atoms with Gasteiger partial charge in [0.2, 0.25) is 0 Å². The molecule has 0 amide bonds. The molecule has 2 aromatic rings. The minimum atomic E-state index is -0.430. The molecule has 4 heteroatoms. The van der Waals surface area contributed by atoms with Crippen LogP contribution in [0.25, 0.3) is 10.4 Å². The number of halogens is 2. The van der Waals surface area contributed by atoms with Gasteiger partial charge in [-0.25, -0.2) is 4.39 Å². The Hall–Kier alpha value is -0.870. The third-order valence-corrected chi connectivity index (χ3v) is 3.65. The summed E-state index contributed by atoms with van der Waals surface area (Å²) in [5.74, 6) is -0.486. The second-order valence-electron chi connectivity index (χ2n) is 2.80. The summed E-state index contributed by atoms with van der Waals surface area (Å²) in [7, 11) is 0. The summed E-state index contributed by atoms with van der Waals surface area (Å²) >= 11 is 4.85. The zero-order valence-corrected chi connectivity index (χ0v) is 9.40. The maximum atomic E-state index is 13.0. The molecular weight excluding hydrogens is 267 g/mol. The monoisotopic (exact) mass is 272 g/mol. The molecule has 1 heterocycles. The Bertz CT molecular complexity index is 447. The van der Waals surface area contributed by atoms with Gasteiger partial charge in [-0.15, -0.1) is 11.3 Å². The van der Waals surface area contributed by atoms with Crippen LogP contribution in [0.15, 0.2) is 34.1 Å². The fraction of sp³-hybridized carbons (Fsp3) is 0. The normalized spacial score (nSPS) is 10.4. The van der Waals surface area contributed by atoms with E-state index in [4.69, 9.17) is 0 Å². The first-order chi connectivity index (χ1) is 6.66. The van der Waals surface area contributed by atoms with Gasteiger partial charge >= 0.3 is 0 Å². The second kappa shape index (κ2) is 3.71. The van der Waals surface area contributed by atoms with E-state index < -0.39 is 5.82 Å². The van der Waals surface area contributed by atoms with Gasteiger partial charge < -0.3 is 5.11 Å². The van der Waals surface area contributed by atoms with E-state index in [1.807, 2.05) is 11.4 Å². The Kier molecular flexibility index (Phi) is 2.56. The van der Waals surface area contributed by atoms with Crippen molar-refractivity contribution in [3.63, 3.8) is 0 Å². The highest BCUT2D eigenvalue weighted by molar-refractivity contribution is 9.10. The van der Waals surface area contributed by atoms with Gasteiger partial charge in [0, 0.05) is 15.4 Å². The van der Waals surface area contributed by atoms with Gasteiger partial charge in [-0.1, -0.05) is 0 Å². The van der Waals surface area contributed by atoms with E-state index in [1.54, 1.807) is 6.07 Å². The number of hydrogen-bond acceptors (Lipinski definition) is 2. The number of benzene rings is 1. The lowest BCUT2D eigenvalue weighted by Gasteiger charge is -2.00. The van der Waals surface area contributed by atoms with Crippen molar-refractivity contribution in [1.82, 2.24) is 0 Å². The average Bonchev–Trinajstić information content (AvgIpc) is 2.49. The molecule has 0 aliphatic heterocycles. The van der Waals surface area contributed by atoms with Gasteiger partial charge in [0.25, 0.3) is 0 Å². The van der Waals surface area contributed by atoms with Gasteiger partial charge in [-0.05, 0) is 45.1 Å². The van der Waals surface area contributed by atoms with Crippen LogP contribution >= 0.6 is 27.3 Å². The Morgan fingerprint density at radius 3 is 2.64 bits per heavy atom. The van der Waals surface area contributed by atoms with E-state index in [0.29, 0.717) is 5.56 Å². The zero-order valence-electron chi connectivity index (χ0n) is 7.00. The summed E-state index contributed by atoms with van der Waals surface area (Å²) in [6.45, 7) is 0. The first-order valence-corrected chi connectivity index (χ1v) is 5.57. The predicted molar refractivity (Wildman–Crippen MR) is 59.1 cm³/mol. The highest BCUT2D eigenvalue weighted by atomic mass is 79.9. The fourth-order valence-corrected chi connectivity index (χ4v) is 2.80. The summed E-state index contributed by atoms with van der Waals surface area (Å²) in [4.78, 5) is 0.916. The van der Waals surface area contributed by atoms with Crippen molar-refractivity contribution in [1.29, 1.82) is 0 Å². The first-order valence-electron chi connectivity index (χ1n) is 3.90. The van der Waals surface area contributed by atoms with Crippen LogP contribution in [0.1, 0.15) is 0 Å². The van der Waals surface area contributed by atoms with E-state index in [0.717, 1.165) is 15.4 Å². The molecule has 0 radical (unpaired) electrons. The third kappa shape index (κ3) is 1.81. The number of rotatable bonds is 1. The molecule has 0 unspecified atom stereocenters. The Balaban J connectivity index is 2.57. The maximum absolute atomic E-state index is 13.0. The van der Waals surface area contributed by atoms with Gasteiger partial charge in [0.15, 0.2) is 0 Å². The molecular formula is C10H6BrFOS. The van der Waals surface area contributed by atoms with Crippen molar-refractivity contribution in [2.45, 2.75) is 0 Å². The maximum Gasteiger partial charge on any atom is 0.127 e. The lowest BCUT2D eigenvalue weighted by Crippen LogP contribution is -1.78. The summed E-state index contributed by atoms with van der Waals surface area (Å²) in [5.41, 5.74) is 0.685. The molecule has 72 valence electrons. The number of aromatic hydroxyl groups is 1. The van der Waals surface area contributed by atoms with Crippen LogP contribution in [0.3, 0.4) is 0 Å². The standard InChI is InChI=1S/C10H6BrFOS/c11-9-1-2-14-10(9)6-3-7(12)5-8(13)4-6/h1-5,13H. The Labute approximate surface area is 93.0 Å². The van der Waals surface area contributed by atoms with Crippen LogP contribution in [-0.2, 0) is 0 Å². The zero-order chi connectivity index (χ0) is 10.1. The quantitative estimate of drug-likeness (QED) is 0.831. The molecule has 0 atom stereocenters. The molecule has 1 aromatic carbocycles. The molecule has 1 N–H and O–H groups in total. The van der Waals surface area contributed by atoms with E-state index in [2.05, 4.69) is 15.9 Å². The molecule has 0 spiro atoms. The van der Waals surface area contributed by atoms with Gasteiger partial charge in [-0.2, -0.15) is 0 Å². The van der Waals surface area contributed by atoms with E-state index in [1.165, 1.54) is 17.4 Å². The van der Waals surface area contributed by atoms with Crippen LogP contribution in [0.5, 0.6) is 5.75 Å². The van der Waals surface area contributed by atoms with Crippen LogP contribution in [0.2, 0.25) is 0 Å². The van der Waals surface area contributed by atoms with Crippen LogP contribution in [0.4, 0.5) is 4.39 Å². The minimum absolute atomic E-state index is 0.0553. The molecule has 0 saturated carbocycles. The Morgan fingerprint density at radius 1 is 1.29 bits per heavy atom. The summed E-state index contributed by atoms with van der Waals surface area (Å²) < 4.78 is 13.9. The van der Waals surface area contributed by atoms with Crippen LogP contribution in [-0.4, -0.2) is 5.11 Å². The first kappa shape index (κ1) is 9.68. The highest BCUT2D eigenvalue weighted by Gasteiger charge is 2.07. The molecule has 0 fully saturated rings. The molecule has 1 nitrogen and oxygen atoms in total. The molecule has 0 saturated heterocycles. The van der Waals surface area contributed by atoms with E-state index in [-0.39, 0.29) is 5.75 Å². The second-order valence-corrected chi connectivity index (χ2v) is 4.57. The number of phenols is 1. The lowest BCUT2D eigenvalue weighted by molar-refractivity contribution is 0.469. The summed E-state index contributed by atoms with van der Waals surface area (Å²) in [6, 6.07) is 5.92. The van der Waals surface area contributed by atoms with E-state index >= 15 is 0 Å². The van der Waals surface area contributed by atoms with E-state index in [9.17, 15) is 9.50 Å². The highest BCUT2D eigenvalue weighted by Crippen LogP contribution is 2.35. The van der Waals surface area contributed by atoms with Crippen molar-refractivity contribution >= 4 is 27.3 Å². The van der Waals surface area contributed by atoms with Crippen molar-refractivity contribution in [2.24, 2.45) is 0 Å². The molecule has 0 aliphatic carbocycles. The van der Waals surface area contributed by atoms with Crippen LogP contribution < -0.4 is 0 Å². The largest absolute Gasteiger partial charge is 0.508 e. The van der Waals surface area contributed by atoms with Crippen LogP contribution in [0, 0.1) is 5.82 Å². The Morgan fingerprint density at radius 2 is 2.07 bits per heavy atom. The molecule has 14 heavy (non-hydrogen) atoms. The van der Waals surface area contributed by atoms with Crippen molar-refractivity contribution in [3.8, 4) is 16.2 Å². The summed E-state index contributed by atoms with van der Waals surface area (Å²) in [6.07, 6.45) is 0. The van der Waals surface area contributed by atoms with Gasteiger partial charge in [-0.3, -0.25) is 0 Å². The lowest BCUT2D eigenvalue weighted by atomic mass is 10.2. The molecule has 0 aliphatic rings. The number of hydrogen-bond donors (Lipinski definition) is 1. The van der Waals surface area contributed by atoms with Gasteiger partial charge in [0.05, 0.1) is 0 Å². The molecule has 2 rings (SSSR count). The van der Waals surface area contributed by atoms with Gasteiger partial charge in [0.1, 0.15) is 11.6 Å². The number of thiophene rings is 1. The topological polar surface area (TPSA) is 20.2 Å². The van der Waals surface area contributed by atoms with Crippen molar-refractivity contribution in [3.05, 3.63) is 39.9 Å². The average molecular weight is 273 g/mol. The smallest absolute Gasteiger partial charge is 0.127 e. The number of phenolic OH excluding ortho intramolecular Hbond substituents is 1.